The number of aromatic nitrogens is 1. The lowest BCUT2D eigenvalue weighted by molar-refractivity contribution is -0.126. The number of anilines is 1. The molecule has 1 aromatic heterocycles. The smallest absolute Gasteiger partial charge is 0.338 e. The highest BCUT2D eigenvalue weighted by Crippen LogP contribution is 2.47. The Labute approximate surface area is 237 Å². The third-order valence-electron chi connectivity index (χ3n) is 7.59. The summed E-state index contributed by atoms with van der Waals surface area (Å²) in [6.07, 6.45) is 3.37. The van der Waals surface area contributed by atoms with Crippen molar-refractivity contribution in [1.82, 2.24) is 5.16 Å². The minimum atomic E-state index is -0.568. The molecule has 2 heterocycles. The maximum Gasteiger partial charge on any atom is 0.338 e. The number of rotatable bonds is 7. The molecule has 3 aromatic rings. The van der Waals surface area contributed by atoms with Crippen molar-refractivity contribution in [2.45, 2.75) is 76.7 Å². The molecule has 1 aliphatic heterocycles. The quantitative estimate of drug-likeness (QED) is 0.280. The summed E-state index contributed by atoms with van der Waals surface area (Å²) in [7, 11) is 0. The second-order valence-electron chi connectivity index (χ2n) is 11.6. The minimum Gasteiger partial charge on any atom is -0.456 e. The van der Waals surface area contributed by atoms with E-state index in [1.165, 1.54) is 0 Å². The van der Waals surface area contributed by atoms with Gasteiger partial charge in [-0.15, -0.1) is 0 Å². The molecule has 1 saturated heterocycles. The first-order valence-corrected chi connectivity index (χ1v) is 14.1. The first kappa shape index (κ1) is 26.4. The monoisotopic (exact) mass is 568 g/mol. The molecular formula is C30H30Cl2N2O5. The predicted octanol–water partition coefficient (Wildman–Crippen LogP) is 7.19. The van der Waals surface area contributed by atoms with Crippen LogP contribution in [0.1, 0.15) is 74.1 Å². The Morgan fingerprint density at radius 2 is 1.77 bits per heavy atom. The zero-order valence-electron chi connectivity index (χ0n) is 22.1. The fourth-order valence-corrected chi connectivity index (χ4v) is 6.24. The van der Waals surface area contributed by atoms with Gasteiger partial charge in [0.2, 0.25) is 5.91 Å². The summed E-state index contributed by atoms with van der Waals surface area (Å²) < 4.78 is 17.6. The van der Waals surface area contributed by atoms with Crippen molar-refractivity contribution in [2.75, 3.05) is 4.90 Å². The molecule has 3 atom stereocenters. The number of benzene rings is 2. The van der Waals surface area contributed by atoms with Gasteiger partial charge in [0.15, 0.2) is 0 Å². The Kier molecular flexibility index (Phi) is 6.72. The maximum atomic E-state index is 13.4. The lowest BCUT2D eigenvalue weighted by atomic mass is 10.0. The van der Waals surface area contributed by atoms with Crippen molar-refractivity contribution in [2.24, 2.45) is 5.92 Å². The van der Waals surface area contributed by atoms with E-state index >= 15 is 0 Å². The van der Waals surface area contributed by atoms with Crippen LogP contribution in [-0.2, 0) is 20.9 Å². The van der Waals surface area contributed by atoms with Gasteiger partial charge in [0, 0.05) is 28.8 Å². The van der Waals surface area contributed by atoms with E-state index in [0.29, 0.717) is 32.8 Å². The summed E-state index contributed by atoms with van der Waals surface area (Å²) in [4.78, 5) is 27.6. The largest absolute Gasteiger partial charge is 0.456 e. The molecule has 2 bridgehead atoms. The van der Waals surface area contributed by atoms with Gasteiger partial charge in [-0.3, -0.25) is 4.79 Å². The average molecular weight is 569 g/mol. The molecule has 2 aliphatic carbocycles. The molecule has 3 aliphatic rings. The topological polar surface area (TPSA) is 81.9 Å². The van der Waals surface area contributed by atoms with Crippen LogP contribution in [0.15, 0.2) is 47.0 Å². The number of fused-ring (bicyclic) bond motifs is 2. The van der Waals surface area contributed by atoms with Crippen LogP contribution in [0.4, 0.5) is 5.69 Å². The van der Waals surface area contributed by atoms with Crippen molar-refractivity contribution in [3.63, 3.8) is 0 Å². The first-order valence-electron chi connectivity index (χ1n) is 13.3. The number of esters is 1. The number of hydrogen-bond donors (Lipinski definition) is 0. The van der Waals surface area contributed by atoms with Crippen molar-refractivity contribution in [1.29, 1.82) is 0 Å². The number of halogens is 2. The lowest BCUT2D eigenvalue weighted by Crippen LogP contribution is -2.43. The molecule has 0 radical (unpaired) electrons. The van der Waals surface area contributed by atoms with E-state index < -0.39 is 5.60 Å². The van der Waals surface area contributed by atoms with Gasteiger partial charge in [0.1, 0.15) is 17.1 Å². The van der Waals surface area contributed by atoms with Gasteiger partial charge in [-0.25, -0.2) is 4.79 Å². The Hall–Kier alpha value is -2.87. The van der Waals surface area contributed by atoms with E-state index in [1.807, 2.05) is 37.8 Å². The van der Waals surface area contributed by atoms with Gasteiger partial charge >= 0.3 is 5.97 Å². The Bertz CT molecular complexity index is 1400. The Morgan fingerprint density at radius 1 is 1.08 bits per heavy atom. The van der Waals surface area contributed by atoms with Crippen LogP contribution in [-0.4, -0.2) is 34.8 Å². The van der Waals surface area contributed by atoms with Crippen LogP contribution >= 0.6 is 23.2 Å². The van der Waals surface area contributed by atoms with Crippen molar-refractivity contribution < 1.29 is 23.6 Å². The summed E-state index contributed by atoms with van der Waals surface area (Å²) >= 11 is 13.0. The molecule has 0 spiro atoms. The van der Waals surface area contributed by atoms with E-state index in [-0.39, 0.29) is 36.5 Å². The zero-order valence-corrected chi connectivity index (χ0v) is 23.6. The first-order chi connectivity index (χ1) is 18.6. The van der Waals surface area contributed by atoms with E-state index in [2.05, 4.69) is 5.16 Å². The molecule has 2 aromatic carbocycles. The molecule has 3 fully saturated rings. The van der Waals surface area contributed by atoms with Crippen molar-refractivity contribution >= 4 is 40.8 Å². The third kappa shape index (κ3) is 5.08. The molecule has 7 nitrogen and oxygen atoms in total. The second kappa shape index (κ2) is 9.95. The molecule has 9 heteroatoms. The maximum absolute atomic E-state index is 13.4. The molecule has 1 amide bonds. The summed E-state index contributed by atoms with van der Waals surface area (Å²) in [5.74, 6) is 0.586. The van der Waals surface area contributed by atoms with Gasteiger partial charge in [-0.05, 0) is 82.9 Å². The molecule has 0 N–H and O–H groups in total. The van der Waals surface area contributed by atoms with Crippen LogP contribution in [0, 0.1) is 5.92 Å². The highest BCUT2D eigenvalue weighted by molar-refractivity contribution is 6.39. The summed E-state index contributed by atoms with van der Waals surface area (Å²) in [5.41, 5.74) is 2.78. The van der Waals surface area contributed by atoms with E-state index in [1.54, 1.807) is 30.3 Å². The lowest BCUT2D eigenvalue weighted by Gasteiger charge is -2.31. The number of amides is 1. The second-order valence-corrected chi connectivity index (χ2v) is 12.4. The number of hydrogen-bond acceptors (Lipinski definition) is 6. The minimum absolute atomic E-state index is 0.0442. The predicted molar refractivity (Wildman–Crippen MR) is 148 cm³/mol. The number of ether oxygens (including phenoxy) is 2. The SMILES string of the molecule is CC(C)(C)OC(=O)c1ccc(N2C(=O)[C@@H]3C[C@H]2C[C@@H]3OCc2c(-c3c(Cl)cccc3Cl)noc2C2CC2)cc1. The molecule has 6 rings (SSSR count). The Balaban J connectivity index is 1.16. The van der Waals surface area contributed by atoms with Gasteiger partial charge in [-0.2, -0.15) is 0 Å². The molecule has 204 valence electrons. The van der Waals surface area contributed by atoms with E-state index in [0.717, 1.165) is 42.7 Å². The van der Waals surface area contributed by atoms with Crippen LogP contribution in [0.2, 0.25) is 10.0 Å². The van der Waals surface area contributed by atoms with Gasteiger partial charge in [-0.1, -0.05) is 34.4 Å². The van der Waals surface area contributed by atoms with E-state index in [4.69, 9.17) is 37.2 Å². The average Bonchev–Trinajstić information content (AvgIpc) is 3.38. The van der Waals surface area contributed by atoms with Crippen LogP contribution < -0.4 is 4.90 Å². The summed E-state index contributed by atoms with van der Waals surface area (Å²) in [6, 6.07) is 12.4. The highest BCUT2D eigenvalue weighted by Gasteiger charge is 2.52. The normalized spacial score (nSPS) is 22.5. The number of piperidine rings is 1. The van der Waals surface area contributed by atoms with Gasteiger partial charge in [0.25, 0.3) is 0 Å². The van der Waals surface area contributed by atoms with Crippen LogP contribution in [0.3, 0.4) is 0 Å². The molecular weight excluding hydrogens is 539 g/mol. The number of nitrogens with zero attached hydrogens (tertiary/aromatic N) is 2. The standard InChI is InChI=1S/C30H30Cl2N2O5/c1-30(2,3)38-29(36)17-9-11-18(12-10-17)34-19-13-20(28(34)35)24(14-19)37-15-21-26(33-39-27(21)16-7-8-16)25-22(31)5-4-6-23(25)32/h4-6,9-12,16,19-20,24H,7-8,13-15H2,1-3H3/t19-,20+,24-/m0/s1. The highest BCUT2D eigenvalue weighted by atomic mass is 35.5. The summed E-state index contributed by atoms with van der Waals surface area (Å²) in [6.45, 7) is 5.78. The number of carbonyl (C=O) groups is 2. The fourth-order valence-electron chi connectivity index (χ4n) is 5.66. The third-order valence-corrected chi connectivity index (χ3v) is 8.22. The van der Waals surface area contributed by atoms with Gasteiger partial charge < -0.3 is 18.9 Å². The molecule has 0 unspecified atom stereocenters. The van der Waals surface area contributed by atoms with E-state index in [9.17, 15) is 9.59 Å². The Morgan fingerprint density at radius 3 is 2.38 bits per heavy atom. The zero-order chi connectivity index (χ0) is 27.5. The van der Waals surface area contributed by atoms with Crippen molar-refractivity contribution in [3.05, 3.63) is 69.4 Å². The van der Waals surface area contributed by atoms with Crippen LogP contribution in [0.5, 0.6) is 0 Å². The molecule has 2 saturated carbocycles. The van der Waals surface area contributed by atoms with Crippen molar-refractivity contribution in [3.8, 4) is 11.3 Å². The number of carbonyl (C=O) groups excluding carboxylic acids is 2. The molecule has 39 heavy (non-hydrogen) atoms. The fraction of sp³-hybridized carbons (Fsp3) is 0.433. The van der Waals surface area contributed by atoms with Gasteiger partial charge in [0.05, 0.1) is 34.2 Å². The summed E-state index contributed by atoms with van der Waals surface area (Å²) in [5, 5.41) is 5.34. The van der Waals surface area contributed by atoms with Crippen LogP contribution in [0.25, 0.3) is 11.3 Å².